The van der Waals surface area contributed by atoms with Crippen LogP contribution < -0.4 is 10.5 Å². The van der Waals surface area contributed by atoms with Gasteiger partial charge in [-0.05, 0) is 63.9 Å². The lowest BCUT2D eigenvalue weighted by Crippen LogP contribution is -2.42. The Hall–Kier alpha value is -2.74. The van der Waals surface area contributed by atoms with Gasteiger partial charge in [-0.15, -0.1) is 0 Å². The molecule has 0 radical (unpaired) electrons. The second-order valence-corrected chi connectivity index (χ2v) is 10.6. The van der Waals surface area contributed by atoms with Crippen molar-refractivity contribution in [2.75, 3.05) is 11.4 Å². The summed E-state index contributed by atoms with van der Waals surface area (Å²) in [6.07, 6.45) is 5.51. The van der Waals surface area contributed by atoms with Crippen molar-refractivity contribution in [3.8, 4) is 11.1 Å². The molecule has 0 saturated carbocycles. The molecule has 6 nitrogen and oxygen atoms in total. The van der Waals surface area contributed by atoms with Crippen molar-refractivity contribution >= 4 is 27.7 Å². The van der Waals surface area contributed by atoms with Gasteiger partial charge in [-0.3, -0.25) is 14.5 Å². The van der Waals surface area contributed by atoms with Gasteiger partial charge in [0.2, 0.25) is 0 Å². The second kappa shape index (κ2) is 7.65. The summed E-state index contributed by atoms with van der Waals surface area (Å²) in [6.45, 7) is 7.26. The molecule has 3 aromatic heterocycles. The molecule has 33 heavy (non-hydrogen) atoms. The Morgan fingerprint density at radius 2 is 1.97 bits per heavy atom. The third-order valence-corrected chi connectivity index (χ3v) is 7.37. The van der Waals surface area contributed by atoms with E-state index in [1.165, 1.54) is 4.57 Å². The minimum Gasteiger partial charge on any atom is -0.336 e. The molecule has 0 aromatic carbocycles. The van der Waals surface area contributed by atoms with Crippen LogP contribution in [-0.2, 0) is 32.9 Å². The highest BCUT2D eigenvalue weighted by molar-refractivity contribution is 9.10. The molecule has 1 amide bonds. The molecule has 0 unspecified atom stereocenters. The number of hydrogen-bond acceptors (Lipinski definition) is 3. The Bertz CT molecular complexity index is 1350. The van der Waals surface area contributed by atoms with Gasteiger partial charge in [0.1, 0.15) is 11.5 Å². The number of carbonyl (C=O) groups is 1. The molecule has 0 atom stereocenters. The summed E-state index contributed by atoms with van der Waals surface area (Å²) in [4.78, 5) is 31.8. The predicted molar refractivity (Wildman–Crippen MR) is 129 cm³/mol. The van der Waals surface area contributed by atoms with Crippen LogP contribution in [0, 0.1) is 11.2 Å². The van der Waals surface area contributed by atoms with Crippen molar-refractivity contribution in [3.63, 3.8) is 0 Å². The summed E-state index contributed by atoms with van der Waals surface area (Å²) >= 11 is 3.34. The fraction of sp³-hybridized carbons (Fsp3) is 0.400. The smallest absolute Gasteiger partial charge is 0.279 e. The molecule has 2 aliphatic rings. The summed E-state index contributed by atoms with van der Waals surface area (Å²) in [5, 5.41) is 0. The van der Waals surface area contributed by atoms with E-state index in [-0.39, 0.29) is 28.4 Å². The van der Waals surface area contributed by atoms with E-state index >= 15 is 4.39 Å². The lowest BCUT2D eigenvalue weighted by molar-refractivity contribution is 0.0958. The van der Waals surface area contributed by atoms with Gasteiger partial charge in [-0.1, -0.05) is 20.8 Å². The van der Waals surface area contributed by atoms with Crippen LogP contribution >= 0.6 is 15.9 Å². The van der Waals surface area contributed by atoms with Crippen molar-refractivity contribution < 1.29 is 9.18 Å². The quantitative estimate of drug-likeness (QED) is 0.519. The number of fused-ring (bicyclic) bond motifs is 3. The molecular weight excluding hydrogens is 487 g/mol. The zero-order chi connectivity index (χ0) is 23.7. The number of amides is 1. The van der Waals surface area contributed by atoms with Gasteiger partial charge in [0.15, 0.2) is 5.82 Å². The molecule has 3 aromatic rings. The molecule has 1 aliphatic carbocycles. The topological polar surface area (TPSA) is 60.1 Å². The first-order valence-corrected chi connectivity index (χ1v) is 12.0. The summed E-state index contributed by atoms with van der Waals surface area (Å²) in [7, 11) is 1.70. The fourth-order valence-electron chi connectivity index (χ4n) is 5.30. The van der Waals surface area contributed by atoms with Crippen LogP contribution in [0.5, 0.6) is 0 Å². The number of aromatic nitrogens is 3. The van der Waals surface area contributed by atoms with Crippen molar-refractivity contribution in [2.45, 2.75) is 46.6 Å². The Morgan fingerprint density at radius 1 is 1.21 bits per heavy atom. The highest BCUT2D eigenvalue weighted by Crippen LogP contribution is 2.42. The van der Waals surface area contributed by atoms with Crippen LogP contribution in [0.1, 0.15) is 48.1 Å². The van der Waals surface area contributed by atoms with E-state index in [9.17, 15) is 9.59 Å². The first-order valence-electron chi connectivity index (χ1n) is 11.2. The molecule has 0 fully saturated rings. The second-order valence-electron chi connectivity index (χ2n) is 9.72. The first kappa shape index (κ1) is 22.1. The molecule has 5 rings (SSSR count). The number of carbonyl (C=O) groups excluding carboxylic acids is 1. The molecule has 0 spiro atoms. The van der Waals surface area contributed by atoms with Gasteiger partial charge in [-0.25, -0.2) is 9.37 Å². The largest absolute Gasteiger partial charge is 0.336 e. The van der Waals surface area contributed by atoms with Crippen molar-refractivity contribution in [3.05, 3.63) is 67.7 Å². The van der Waals surface area contributed by atoms with E-state index < -0.39 is 0 Å². The standard InChI is InChI=1S/C25H26BrFN4O2/c1-5-15-16(14-10-18(26)23(32)29(4)13-14)6-7-28-22(15)31-9-8-30-19-12-25(2,3)11-17(19)20(27)21(30)24(31)33/h6-7,10,13H,5,8-9,11-12H2,1-4H3. The maximum Gasteiger partial charge on any atom is 0.279 e. The van der Waals surface area contributed by atoms with Gasteiger partial charge in [0.05, 0.1) is 4.47 Å². The number of hydrogen-bond donors (Lipinski definition) is 0. The predicted octanol–water partition coefficient (Wildman–Crippen LogP) is 4.50. The minimum absolute atomic E-state index is 0.0169. The molecule has 0 bridgehead atoms. The van der Waals surface area contributed by atoms with Crippen LogP contribution in [0.2, 0.25) is 0 Å². The highest BCUT2D eigenvalue weighted by atomic mass is 79.9. The van der Waals surface area contributed by atoms with E-state index in [1.54, 1.807) is 30.4 Å². The third kappa shape index (κ3) is 3.38. The SMILES string of the molecule is CCc1c(-c2cc(Br)c(=O)n(C)c2)ccnc1N1CCn2c3c(c(F)c2C1=O)CC(C)(C)C3. The Morgan fingerprint density at radius 3 is 2.67 bits per heavy atom. The fourth-order valence-corrected chi connectivity index (χ4v) is 5.83. The number of aryl methyl sites for hydroxylation is 1. The number of anilines is 1. The number of rotatable bonds is 3. The van der Waals surface area contributed by atoms with Crippen LogP contribution in [0.3, 0.4) is 0 Å². The average Bonchev–Trinajstić information content (AvgIpc) is 3.23. The van der Waals surface area contributed by atoms with E-state index in [1.807, 2.05) is 17.6 Å². The van der Waals surface area contributed by atoms with E-state index in [4.69, 9.17) is 0 Å². The van der Waals surface area contributed by atoms with Gasteiger partial charge in [0, 0.05) is 49.4 Å². The number of halogens is 2. The number of nitrogens with zero attached hydrogens (tertiary/aromatic N) is 4. The summed E-state index contributed by atoms with van der Waals surface area (Å²) in [6, 6.07) is 3.68. The van der Waals surface area contributed by atoms with Gasteiger partial charge in [0.25, 0.3) is 11.5 Å². The van der Waals surface area contributed by atoms with E-state index in [0.717, 1.165) is 28.8 Å². The minimum atomic E-state index is -0.374. The maximum atomic E-state index is 15.4. The zero-order valence-electron chi connectivity index (χ0n) is 19.2. The Kier molecular flexibility index (Phi) is 5.12. The summed E-state index contributed by atoms with van der Waals surface area (Å²) < 4.78 is 19.3. The summed E-state index contributed by atoms with van der Waals surface area (Å²) in [5.74, 6) is -0.161. The summed E-state index contributed by atoms with van der Waals surface area (Å²) in [5.41, 5.74) is 4.35. The third-order valence-electron chi connectivity index (χ3n) is 6.81. The van der Waals surface area contributed by atoms with Gasteiger partial charge >= 0.3 is 0 Å². The molecule has 0 saturated heterocycles. The lowest BCUT2D eigenvalue weighted by atomic mass is 9.90. The highest BCUT2D eigenvalue weighted by Gasteiger charge is 2.41. The van der Waals surface area contributed by atoms with Crippen molar-refractivity contribution in [1.82, 2.24) is 14.1 Å². The van der Waals surface area contributed by atoms with Crippen molar-refractivity contribution in [1.29, 1.82) is 0 Å². The first-order chi connectivity index (χ1) is 15.6. The maximum absolute atomic E-state index is 15.4. The van der Waals surface area contributed by atoms with Crippen LogP contribution in [-0.4, -0.2) is 26.6 Å². The van der Waals surface area contributed by atoms with E-state index in [2.05, 4.69) is 34.8 Å². The average molecular weight is 513 g/mol. The zero-order valence-corrected chi connectivity index (χ0v) is 20.8. The van der Waals surface area contributed by atoms with Gasteiger partial charge in [-0.2, -0.15) is 0 Å². The molecule has 1 aliphatic heterocycles. The normalized spacial score (nSPS) is 16.8. The molecule has 8 heteroatoms. The lowest BCUT2D eigenvalue weighted by Gasteiger charge is -2.31. The molecular formula is C25H26BrFN4O2. The monoisotopic (exact) mass is 512 g/mol. The Labute approximate surface area is 200 Å². The van der Waals surface area contributed by atoms with E-state index in [0.29, 0.717) is 41.8 Å². The van der Waals surface area contributed by atoms with Crippen LogP contribution in [0.15, 0.2) is 33.8 Å². The van der Waals surface area contributed by atoms with Crippen molar-refractivity contribution in [2.24, 2.45) is 12.5 Å². The van der Waals surface area contributed by atoms with Gasteiger partial charge < -0.3 is 9.13 Å². The molecule has 0 N–H and O–H groups in total. The molecule has 4 heterocycles. The Balaban J connectivity index is 1.59. The van der Waals surface area contributed by atoms with Crippen LogP contribution in [0.4, 0.5) is 10.2 Å². The molecule has 172 valence electrons. The number of pyridine rings is 2. The van der Waals surface area contributed by atoms with Crippen LogP contribution in [0.25, 0.3) is 11.1 Å².